The van der Waals surface area contributed by atoms with Crippen molar-refractivity contribution in [3.05, 3.63) is 78.1 Å². The van der Waals surface area contributed by atoms with Crippen molar-refractivity contribution in [3.63, 3.8) is 0 Å². The molecule has 2 aromatic rings. The van der Waals surface area contributed by atoms with E-state index in [0.717, 1.165) is 4.90 Å². The molecule has 30 heavy (non-hydrogen) atoms. The largest absolute Gasteiger partial charge is 0.507 e. The highest BCUT2D eigenvalue weighted by Crippen LogP contribution is 2.38. The van der Waals surface area contributed by atoms with Crippen LogP contribution in [0.1, 0.15) is 17.3 Å². The first-order valence-electron chi connectivity index (χ1n) is 9.76. The van der Waals surface area contributed by atoms with Gasteiger partial charge in [-0.1, -0.05) is 18.7 Å². The highest BCUT2D eigenvalue weighted by molar-refractivity contribution is 6.46. The predicted octanol–water partition coefficient (Wildman–Crippen LogP) is 1.21. The molecule has 1 aromatic heterocycles. The van der Waals surface area contributed by atoms with E-state index in [0.29, 0.717) is 36.7 Å². The topological polar surface area (TPSA) is 84.2 Å². The van der Waals surface area contributed by atoms with E-state index < -0.39 is 17.7 Å². The fraction of sp³-hybridized carbons (Fsp3) is 0.261. The van der Waals surface area contributed by atoms with Crippen LogP contribution in [0.15, 0.2) is 66.9 Å². The summed E-state index contributed by atoms with van der Waals surface area (Å²) >= 11 is 0. The highest BCUT2D eigenvalue weighted by Gasteiger charge is 2.46. The number of Topliss-reactive ketones (excluding diaryl/α,β-unsaturated/α-hetero) is 1. The Labute approximate surface area is 175 Å². The minimum atomic E-state index is -0.734. The maximum atomic E-state index is 12.9. The Morgan fingerprint density at radius 2 is 1.97 bits per heavy atom. The zero-order valence-electron chi connectivity index (χ0n) is 17.2. The number of pyridine rings is 1. The number of hydrogen-bond acceptors (Lipinski definition) is 5. The summed E-state index contributed by atoms with van der Waals surface area (Å²) in [5, 5.41) is 11.0. The van der Waals surface area contributed by atoms with Crippen molar-refractivity contribution >= 4 is 17.4 Å². The SMILES string of the molecule is C=CCOc1ccc(C(O)=C2C(=O)C(=O)N(CC[NH+](C)C)[C@@H]2c2ccccn2)cc1. The summed E-state index contributed by atoms with van der Waals surface area (Å²) in [5.41, 5.74) is 1.02. The number of rotatable bonds is 8. The first-order valence-corrected chi connectivity index (χ1v) is 9.76. The van der Waals surface area contributed by atoms with Crippen molar-refractivity contribution in [2.24, 2.45) is 0 Å². The predicted molar refractivity (Wildman–Crippen MR) is 113 cm³/mol. The van der Waals surface area contributed by atoms with Crippen molar-refractivity contribution in [1.82, 2.24) is 9.88 Å². The summed E-state index contributed by atoms with van der Waals surface area (Å²) in [4.78, 5) is 32.7. The van der Waals surface area contributed by atoms with Crippen LogP contribution in [-0.2, 0) is 9.59 Å². The van der Waals surface area contributed by atoms with E-state index in [1.165, 1.54) is 4.90 Å². The number of carbonyl (C=O) groups is 2. The Morgan fingerprint density at radius 3 is 2.57 bits per heavy atom. The van der Waals surface area contributed by atoms with Gasteiger partial charge in [0.1, 0.15) is 24.2 Å². The first-order chi connectivity index (χ1) is 14.4. The number of benzene rings is 1. The molecule has 2 N–H and O–H groups in total. The molecular formula is C23H26N3O4+. The molecule has 1 aliphatic heterocycles. The molecule has 0 aliphatic carbocycles. The summed E-state index contributed by atoms with van der Waals surface area (Å²) in [6.45, 7) is 5.00. The second-order valence-electron chi connectivity index (χ2n) is 7.33. The molecule has 1 fully saturated rings. The maximum Gasteiger partial charge on any atom is 0.295 e. The van der Waals surface area contributed by atoms with Crippen LogP contribution in [0.4, 0.5) is 0 Å². The van der Waals surface area contributed by atoms with E-state index in [1.807, 2.05) is 14.1 Å². The number of aliphatic hydroxyl groups excluding tert-OH is 1. The van der Waals surface area contributed by atoms with E-state index in [2.05, 4.69) is 11.6 Å². The van der Waals surface area contributed by atoms with Gasteiger partial charge in [-0.3, -0.25) is 14.6 Å². The van der Waals surface area contributed by atoms with Gasteiger partial charge in [0.05, 0.1) is 38.5 Å². The lowest BCUT2D eigenvalue weighted by Crippen LogP contribution is -3.06. The quantitative estimate of drug-likeness (QED) is 0.297. The van der Waals surface area contributed by atoms with Crippen LogP contribution in [0.3, 0.4) is 0 Å². The van der Waals surface area contributed by atoms with Gasteiger partial charge in [-0.2, -0.15) is 0 Å². The third-order valence-corrected chi connectivity index (χ3v) is 4.86. The summed E-state index contributed by atoms with van der Waals surface area (Å²) in [5.74, 6) is -0.940. The Morgan fingerprint density at radius 1 is 1.23 bits per heavy atom. The maximum absolute atomic E-state index is 12.9. The first kappa shape index (κ1) is 21.3. The van der Waals surface area contributed by atoms with Crippen molar-refractivity contribution in [2.45, 2.75) is 6.04 Å². The van der Waals surface area contributed by atoms with Crippen LogP contribution in [0.25, 0.3) is 5.76 Å². The Hall–Kier alpha value is -3.45. The monoisotopic (exact) mass is 408 g/mol. The fourth-order valence-electron chi connectivity index (χ4n) is 3.32. The number of ketones is 1. The average molecular weight is 408 g/mol. The molecule has 2 heterocycles. The van der Waals surface area contributed by atoms with Crippen LogP contribution >= 0.6 is 0 Å². The fourth-order valence-corrected chi connectivity index (χ4v) is 3.32. The second kappa shape index (κ2) is 9.37. The van der Waals surface area contributed by atoms with Crippen LogP contribution in [-0.4, -0.2) is 60.5 Å². The molecule has 7 heteroatoms. The molecule has 0 spiro atoms. The number of aromatic nitrogens is 1. The summed E-state index contributed by atoms with van der Waals surface area (Å²) in [6.07, 6.45) is 3.25. The van der Waals surface area contributed by atoms with E-state index >= 15 is 0 Å². The van der Waals surface area contributed by atoms with Crippen LogP contribution in [0.5, 0.6) is 5.75 Å². The van der Waals surface area contributed by atoms with E-state index in [9.17, 15) is 14.7 Å². The standard InChI is InChI=1S/C23H25N3O4/c1-4-15-30-17-10-8-16(9-11-17)21(27)19-20(18-7-5-6-12-24-18)26(14-13-25(2)3)23(29)22(19)28/h4-12,20,27H,1,13-15H2,2-3H3/p+1/t20-/m1/s1. The van der Waals surface area contributed by atoms with E-state index in [4.69, 9.17) is 4.74 Å². The van der Waals surface area contributed by atoms with Gasteiger partial charge in [-0.05, 0) is 36.4 Å². The number of hydrogen-bond donors (Lipinski definition) is 2. The summed E-state index contributed by atoms with van der Waals surface area (Å²) in [7, 11) is 3.95. The molecule has 1 aromatic carbocycles. The Bertz CT molecular complexity index is 952. The third-order valence-electron chi connectivity index (χ3n) is 4.86. The van der Waals surface area contributed by atoms with Gasteiger partial charge >= 0.3 is 0 Å². The number of carbonyl (C=O) groups excluding carboxylic acids is 2. The van der Waals surface area contributed by atoms with Gasteiger partial charge < -0.3 is 19.6 Å². The number of amides is 1. The summed E-state index contributed by atoms with van der Waals surface area (Å²) < 4.78 is 5.46. The molecule has 3 rings (SSSR count). The van der Waals surface area contributed by atoms with Gasteiger partial charge in [-0.15, -0.1) is 0 Å². The van der Waals surface area contributed by atoms with Gasteiger partial charge in [0.25, 0.3) is 11.7 Å². The van der Waals surface area contributed by atoms with Crippen LogP contribution < -0.4 is 9.64 Å². The van der Waals surface area contributed by atoms with Crippen molar-refractivity contribution < 1.29 is 24.3 Å². The molecule has 1 aliphatic rings. The third kappa shape index (κ3) is 4.41. The van der Waals surface area contributed by atoms with Crippen molar-refractivity contribution in [1.29, 1.82) is 0 Å². The van der Waals surface area contributed by atoms with Crippen molar-refractivity contribution in [3.8, 4) is 5.75 Å². The van der Waals surface area contributed by atoms with Crippen molar-refractivity contribution in [2.75, 3.05) is 33.8 Å². The number of likely N-dealkylation sites (N-methyl/N-ethyl adjacent to an activating group) is 1. The summed E-state index contributed by atoms with van der Waals surface area (Å²) in [6, 6.07) is 11.3. The number of nitrogens with zero attached hydrogens (tertiary/aromatic N) is 2. The molecule has 0 unspecified atom stereocenters. The molecule has 0 bridgehead atoms. The molecule has 7 nitrogen and oxygen atoms in total. The Balaban J connectivity index is 2.03. The highest BCUT2D eigenvalue weighted by atomic mass is 16.5. The van der Waals surface area contributed by atoms with Gasteiger partial charge in [0.15, 0.2) is 0 Å². The minimum Gasteiger partial charge on any atom is -0.507 e. The molecule has 1 atom stereocenters. The number of quaternary nitrogens is 1. The van der Waals surface area contributed by atoms with Gasteiger partial charge in [-0.25, -0.2) is 0 Å². The van der Waals surface area contributed by atoms with Gasteiger partial charge in [0, 0.05) is 11.8 Å². The molecule has 156 valence electrons. The molecule has 0 saturated carbocycles. The number of likely N-dealkylation sites (tertiary alicyclic amines) is 1. The Kier molecular flexibility index (Phi) is 6.64. The minimum absolute atomic E-state index is 0.0483. The van der Waals surface area contributed by atoms with E-state index in [1.54, 1.807) is 54.7 Å². The van der Waals surface area contributed by atoms with Crippen LogP contribution in [0, 0.1) is 0 Å². The smallest absolute Gasteiger partial charge is 0.295 e. The lowest BCUT2D eigenvalue weighted by molar-refractivity contribution is -0.857. The lowest BCUT2D eigenvalue weighted by atomic mass is 9.98. The van der Waals surface area contributed by atoms with Gasteiger partial charge in [0.2, 0.25) is 0 Å². The second-order valence-corrected chi connectivity index (χ2v) is 7.33. The van der Waals surface area contributed by atoms with Crippen LogP contribution in [0.2, 0.25) is 0 Å². The zero-order chi connectivity index (χ0) is 21.7. The van der Waals surface area contributed by atoms with E-state index in [-0.39, 0.29) is 11.3 Å². The molecule has 1 amide bonds. The zero-order valence-corrected chi connectivity index (χ0v) is 17.2. The average Bonchev–Trinajstić information content (AvgIpc) is 3.01. The molecule has 0 radical (unpaired) electrons. The molecular weight excluding hydrogens is 382 g/mol. The molecule has 1 saturated heterocycles. The number of nitrogens with one attached hydrogen (secondary N) is 1. The lowest BCUT2D eigenvalue weighted by Gasteiger charge is -2.24. The normalized spacial score (nSPS) is 18.1. The number of aliphatic hydroxyl groups is 1. The number of ether oxygens (including phenoxy) is 1.